The zero-order valence-corrected chi connectivity index (χ0v) is 23.5. The van der Waals surface area contributed by atoms with Crippen LogP contribution in [0.25, 0.3) is 0 Å². The van der Waals surface area contributed by atoms with Crippen molar-refractivity contribution in [3.63, 3.8) is 0 Å². The molecule has 0 aliphatic heterocycles. The average molecular weight is 472 g/mol. The van der Waals surface area contributed by atoms with Gasteiger partial charge in [-0.15, -0.1) is 0 Å². The van der Waals surface area contributed by atoms with Crippen molar-refractivity contribution in [1.29, 1.82) is 0 Å². The predicted molar refractivity (Wildman–Crippen MR) is 142 cm³/mol. The maximum absolute atomic E-state index is 2.42. The summed E-state index contributed by atoms with van der Waals surface area (Å²) in [6.45, 7) is 11.5. The van der Waals surface area contributed by atoms with Crippen LogP contribution in [0.3, 0.4) is 0 Å². The Bertz CT molecular complexity index is 358. The molecule has 0 bridgehead atoms. The predicted octanol–water partition coefficient (Wildman–Crippen LogP) is 7.22. The van der Waals surface area contributed by atoms with Crippen LogP contribution in [0.1, 0.15) is 168 Å². The minimum Gasteiger partial charge on any atom is -1.00 e. The highest BCUT2D eigenvalue weighted by atomic mass is 35.5. The van der Waals surface area contributed by atoms with E-state index in [0.717, 1.165) is 6.04 Å². The molecule has 194 valence electrons. The lowest BCUT2D eigenvalue weighted by molar-refractivity contribution is -0.952. The van der Waals surface area contributed by atoms with Crippen molar-refractivity contribution in [1.82, 2.24) is 0 Å². The summed E-state index contributed by atoms with van der Waals surface area (Å²) in [6, 6.07) is 0.991. The van der Waals surface area contributed by atoms with E-state index in [-0.39, 0.29) is 12.4 Å². The Morgan fingerprint density at radius 1 is 0.438 bits per heavy atom. The fourth-order valence-corrected chi connectivity index (χ4v) is 6.38. The maximum Gasteiger partial charge on any atom is 0.0890 e. The minimum absolute atomic E-state index is 0. The fraction of sp³-hybridized carbons (Fsp3) is 1.00. The van der Waals surface area contributed by atoms with Crippen LogP contribution >= 0.6 is 0 Å². The molecule has 0 N–H and O–H groups in total. The van der Waals surface area contributed by atoms with E-state index in [1.54, 1.807) is 0 Å². The van der Waals surface area contributed by atoms with E-state index >= 15 is 0 Å². The van der Waals surface area contributed by atoms with E-state index in [9.17, 15) is 0 Å². The first-order chi connectivity index (χ1) is 15.3. The van der Waals surface area contributed by atoms with Gasteiger partial charge in [0.05, 0.1) is 25.7 Å². The van der Waals surface area contributed by atoms with Crippen LogP contribution in [-0.2, 0) is 0 Å². The summed E-state index contributed by atoms with van der Waals surface area (Å²) in [5, 5.41) is 0. The molecule has 1 saturated carbocycles. The lowest BCUT2D eigenvalue weighted by atomic mass is 9.91. The molecule has 0 heterocycles. The number of hydrogen-bond donors (Lipinski definition) is 0. The third-order valence-corrected chi connectivity index (χ3v) is 8.14. The van der Waals surface area contributed by atoms with Crippen LogP contribution in [0.15, 0.2) is 0 Å². The Morgan fingerprint density at radius 2 is 0.812 bits per heavy atom. The molecule has 1 aliphatic carbocycles. The van der Waals surface area contributed by atoms with Gasteiger partial charge in [0.15, 0.2) is 0 Å². The molecule has 1 nitrogen and oxygen atoms in total. The molecule has 0 aromatic heterocycles. The van der Waals surface area contributed by atoms with E-state index in [1.807, 2.05) is 0 Å². The van der Waals surface area contributed by atoms with Gasteiger partial charge in [0.1, 0.15) is 0 Å². The Morgan fingerprint density at radius 3 is 1.19 bits per heavy atom. The first-order valence-electron chi connectivity index (χ1n) is 15.1. The zero-order chi connectivity index (χ0) is 22.5. The second kappa shape index (κ2) is 23.0. The molecule has 0 spiro atoms. The molecule has 0 amide bonds. The van der Waals surface area contributed by atoms with Gasteiger partial charge >= 0.3 is 0 Å². The molecule has 0 radical (unpaired) electrons. The number of halogens is 1. The Hall–Kier alpha value is 0.250. The van der Waals surface area contributed by atoms with Crippen molar-refractivity contribution in [2.75, 3.05) is 19.6 Å². The maximum atomic E-state index is 2.42. The van der Waals surface area contributed by atoms with Crippen LogP contribution in [-0.4, -0.2) is 30.2 Å². The zero-order valence-electron chi connectivity index (χ0n) is 22.8. The van der Waals surface area contributed by atoms with Crippen molar-refractivity contribution >= 4 is 0 Å². The summed E-state index contributed by atoms with van der Waals surface area (Å²) in [7, 11) is 0. The Labute approximate surface area is 210 Å². The minimum atomic E-state index is 0. The first kappa shape index (κ1) is 32.2. The molecule has 0 saturated heterocycles. The summed E-state index contributed by atoms with van der Waals surface area (Å²) in [4.78, 5) is 0. The molecule has 1 fully saturated rings. The Kier molecular flexibility index (Phi) is 23.2. The van der Waals surface area contributed by atoms with Crippen molar-refractivity contribution in [3.05, 3.63) is 0 Å². The van der Waals surface area contributed by atoms with Crippen LogP contribution in [0.2, 0.25) is 0 Å². The number of unbranched alkanes of at least 4 members (excludes halogenated alkanes) is 15. The summed E-state index contributed by atoms with van der Waals surface area (Å²) in [5.74, 6) is 0. The highest BCUT2D eigenvalue weighted by molar-refractivity contribution is 4.68. The van der Waals surface area contributed by atoms with Crippen molar-refractivity contribution in [3.8, 4) is 0 Å². The van der Waals surface area contributed by atoms with E-state index in [2.05, 4.69) is 20.8 Å². The quantitative estimate of drug-likeness (QED) is 0.115. The summed E-state index contributed by atoms with van der Waals surface area (Å²) in [6.07, 6.45) is 33.9. The van der Waals surface area contributed by atoms with Crippen LogP contribution in [0.5, 0.6) is 0 Å². The van der Waals surface area contributed by atoms with Crippen LogP contribution in [0, 0.1) is 0 Å². The monoisotopic (exact) mass is 471 g/mol. The fourth-order valence-electron chi connectivity index (χ4n) is 6.38. The summed E-state index contributed by atoms with van der Waals surface area (Å²) < 4.78 is 1.48. The van der Waals surface area contributed by atoms with Gasteiger partial charge in [0.2, 0.25) is 0 Å². The number of quaternary nitrogens is 1. The second-order valence-electron chi connectivity index (χ2n) is 11.0. The van der Waals surface area contributed by atoms with Crippen molar-refractivity contribution in [2.24, 2.45) is 0 Å². The summed E-state index contributed by atoms with van der Waals surface area (Å²) >= 11 is 0. The topological polar surface area (TPSA) is 0 Å². The van der Waals surface area contributed by atoms with E-state index in [1.165, 1.54) is 172 Å². The highest BCUT2D eigenvalue weighted by Gasteiger charge is 2.35. The van der Waals surface area contributed by atoms with Gasteiger partial charge in [-0.3, -0.25) is 0 Å². The molecule has 1 rings (SSSR count). The van der Waals surface area contributed by atoms with Crippen LogP contribution < -0.4 is 12.4 Å². The summed E-state index contributed by atoms with van der Waals surface area (Å²) in [5.41, 5.74) is 0. The Balaban J connectivity index is 0.00000961. The van der Waals surface area contributed by atoms with E-state index in [4.69, 9.17) is 0 Å². The molecular weight excluding hydrogens is 410 g/mol. The second-order valence-corrected chi connectivity index (χ2v) is 11.0. The van der Waals surface area contributed by atoms with Gasteiger partial charge in [-0.05, 0) is 51.4 Å². The highest BCUT2D eigenvalue weighted by Crippen LogP contribution is 2.30. The smallest absolute Gasteiger partial charge is 0.0890 e. The largest absolute Gasteiger partial charge is 1.00 e. The lowest BCUT2D eigenvalue weighted by Gasteiger charge is -2.47. The van der Waals surface area contributed by atoms with Gasteiger partial charge in [-0.25, -0.2) is 0 Å². The molecule has 32 heavy (non-hydrogen) atoms. The van der Waals surface area contributed by atoms with Crippen LogP contribution in [0.4, 0.5) is 0 Å². The SMILES string of the molecule is CCCCCCCCCCCCCCCCCC[N+](CCC)(CCC)C1CCCCC1.[Cl-]. The van der Waals surface area contributed by atoms with Gasteiger partial charge in [-0.1, -0.05) is 117 Å². The lowest BCUT2D eigenvalue weighted by Crippen LogP contribution is -3.00. The molecule has 0 unspecified atom stereocenters. The molecule has 0 atom stereocenters. The number of rotatable bonds is 22. The first-order valence-corrected chi connectivity index (χ1v) is 15.1. The number of nitrogens with zero attached hydrogens (tertiary/aromatic N) is 1. The van der Waals surface area contributed by atoms with E-state index < -0.39 is 0 Å². The van der Waals surface area contributed by atoms with Gasteiger partial charge < -0.3 is 16.9 Å². The van der Waals surface area contributed by atoms with Crippen molar-refractivity contribution in [2.45, 2.75) is 174 Å². The van der Waals surface area contributed by atoms with Gasteiger partial charge in [0, 0.05) is 0 Å². The van der Waals surface area contributed by atoms with Crippen molar-refractivity contribution < 1.29 is 16.9 Å². The molecule has 0 aromatic rings. The standard InChI is InChI=1S/C30H62N.ClH/c1-4-7-8-9-10-11-12-13-14-15-16-17-18-19-20-24-29-31(27-5-2,28-6-3)30-25-22-21-23-26-30;/h30H,4-29H2,1-3H3;1H/q+1;/p-1. The molecule has 2 heteroatoms. The molecule has 1 aliphatic rings. The molecular formula is C30H62ClN. The van der Waals surface area contributed by atoms with Gasteiger partial charge in [-0.2, -0.15) is 0 Å². The third kappa shape index (κ3) is 15.2. The van der Waals surface area contributed by atoms with Gasteiger partial charge in [0.25, 0.3) is 0 Å². The third-order valence-electron chi connectivity index (χ3n) is 8.14. The van der Waals surface area contributed by atoms with E-state index in [0.29, 0.717) is 0 Å². The normalized spacial score (nSPS) is 15.1. The molecule has 0 aromatic carbocycles. The average Bonchev–Trinajstić information content (AvgIpc) is 2.79. The number of hydrogen-bond acceptors (Lipinski definition) is 0.